The molecule has 0 saturated heterocycles. The van der Waals surface area contributed by atoms with Crippen LogP contribution >= 0.6 is 0 Å². The molecule has 4 heteroatoms. The van der Waals surface area contributed by atoms with Crippen molar-refractivity contribution >= 4 is 5.95 Å². The van der Waals surface area contributed by atoms with Crippen LogP contribution in [0, 0.1) is 0 Å². The number of hydrogen-bond donors (Lipinski definition) is 1. The summed E-state index contributed by atoms with van der Waals surface area (Å²) >= 11 is 0. The number of imidazole rings is 1. The number of aromatic nitrogens is 2. The van der Waals surface area contributed by atoms with Crippen molar-refractivity contribution in [3.8, 4) is 0 Å². The number of ether oxygens (including phenoxy) is 1. The average molecular weight is 169 g/mol. The van der Waals surface area contributed by atoms with Gasteiger partial charge in [-0.25, -0.2) is 4.98 Å². The molecule has 0 spiro atoms. The molecule has 0 amide bonds. The molecule has 0 aliphatic rings. The lowest BCUT2D eigenvalue weighted by Crippen LogP contribution is -2.08. The Balaban J connectivity index is 2.20. The van der Waals surface area contributed by atoms with Crippen molar-refractivity contribution in [3.63, 3.8) is 0 Å². The van der Waals surface area contributed by atoms with Gasteiger partial charge in [0.15, 0.2) is 0 Å². The number of nitrogens with zero attached hydrogens (tertiary/aromatic N) is 2. The van der Waals surface area contributed by atoms with Gasteiger partial charge in [-0.2, -0.15) is 0 Å². The monoisotopic (exact) mass is 169 g/mol. The highest BCUT2D eigenvalue weighted by atomic mass is 16.5. The van der Waals surface area contributed by atoms with E-state index < -0.39 is 0 Å². The van der Waals surface area contributed by atoms with Crippen molar-refractivity contribution < 1.29 is 4.74 Å². The van der Waals surface area contributed by atoms with E-state index >= 15 is 0 Å². The van der Waals surface area contributed by atoms with Gasteiger partial charge in [0.2, 0.25) is 5.95 Å². The zero-order valence-corrected chi connectivity index (χ0v) is 7.58. The van der Waals surface area contributed by atoms with Crippen LogP contribution in [0.5, 0.6) is 0 Å². The molecule has 1 aromatic heterocycles. The Bertz CT molecular complexity index is 222. The predicted molar refractivity (Wildman–Crippen MR) is 48.2 cm³/mol. The summed E-state index contributed by atoms with van der Waals surface area (Å²) in [4.78, 5) is 4.12. The van der Waals surface area contributed by atoms with Crippen molar-refractivity contribution in [3.05, 3.63) is 12.4 Å². The van der Waals surface area contributed by atoms with Crippen molar-refractivity contribution in [1.82, 2.24) is 9.55 Å². The molecule has 0 atom stereocenters. The highest BCUT2D eigenvalue weighted by Crippen LogP contribution is 1.99. The SMILES string of the molecule is COCCCNc1nccn1C. The third-order valence-electron chi connectivity index (χ3n) is 1.63. The Morgan fingerprint density at radius 2 is 2.50 bits per heavy atom. The van der Waals surface area contributed by atoms with Crippen LogP contribution in [-0.2, 0) is 11.8 Å². The number of anilines is 1. The molecule has 0 saturated carbocycles. The van der Waals surface area contributed by atoms with E-state index in [1.165, 1.54) is 0 Å². The summed E-state index contributed by atoms with van der Waals surface area (Å²) in [5.74, 6) is 0.908. The number of aryl methyl sites for hydroxylation is 1. The largest absolute Gasteiger partial charge is 0.385 e. The molecule has 0 fully saturated rings. The van der Waals surface area contributed by atoms with Gasteiger partial charge < -0.3 is 14.6 Å². The van der Waals surface area contributed by atoms with Crippen LogP contribution in [0.25, 0.3) is 0 Å². The van der Waals surface area contributed by atoms with Gasteiger partial charge in [-0.15, -0.1) is 0 Å². The summed E-state index contributed by atoms with van der Waals surface area (Å²) in [6.45, 7) is 1.69. The van der Waals surface area contributed by atoms with E-state index in [1.54, 1.807) is 13.3 Å². The second kappa shape index (κ2) is 4.77. The minimum Gasteiger partial charge on any atom is -0.385 e. The molecule has 1 rings (SSSR count). The van der Waals surface area contributed by atoms with Crippen LogP contribution in [0.1, 0.15) is 6.42 Å². The van der Waals surface area contributed by atoms with Crippen molar-refractivity contribution in [2.24, 2.45) is 7.05 Å². The molecule has 0 aliphatic heterocycles. The molecule has 4 nitrogen and oxygen atoms in total. The molecule has 0 unspecified atom stereocenters. The Morgan fingerprint density at radius 1 is 1.67 bits per heavy atom. The predicted octanol–water partition coefficient (Wildman–Crippen LogP) is 0.868. The molecule has 0 bridgehead atoms. The maximum absolute atomic E-state index is 4.92. The zero-order valence-electron chi connectivity index (χ0n) is 7.58. The Morgan fingerprint density at radius 3 is 3.08 bits per heavy atom. The van der Waals surface area contributed by atoms with E-state index in [-0.39, 0.29) is 0 Å². The van der Waals surface area contributed by atoms with Gasteiger partial charge in [0.05, 0.1) is 0 Å². The van der Waals surface area contributed by atoms with Gasteiger partial charge >= 0.3 is 0 Å². The van der Waals surface area contributed by atoms with E-state index in [2.05, 4.69) is 10.3 Å². The molecule has 1 N–H and O–H groups in total. The number of methoxy groups -OCH3 is 1. The van der Waals surface area contributed by atoms with Crippen LogP contribution in [0.2, 0.25) is 0 Å². The molecular formula is C8H15N3O. The molecule has 0 aliphatic carbocycles. The quantitative estimate of drug-likeness (QED) is 0.665. The van der Waals surface area contributed by atoms with Crippen LogP contribution in [0.4, 0.5) is 5.95 Å². The van der Waals surface area contributed by atoms with E-state index in [0.717, 1.165) is 25.5 Å². The standard InChI is InChI=1S/C8H15N3O/c1-11-6-5-10-8(11)9-4-3-7-12-2/h5-6H,3-4,7H2,1-2H3,(H,9,10). The van der Waals surface area contributed by atoms with Gasteiger partial charge in [-0.1, -0.05) is 0 Å². The van der Waals surface area contributed by atoms with Gasteiger partial charge in [-0.3, -0.25) is 0 Å². The summed E-state index contributed by atoms with van der Waals surface area (Å²) in [7, 11) is 3.67. The average Bonchev–Trinajstić information content (AvgIpc) is 2.46. The first kappa shape index (κ1) is 9.06. The maximum atomic E-state index is 4.92. The minimum absolute atomic E-state index is 0.789. The highest BCUT2D eigenvalue weighted by molar-refractivity contribution is 5.24. The molecule has 1 heterocycles. The number of nitrogens with one attached hydrogen (secondary N) is 1. The second-order valence-electron chi connectivity index (χ2n) is 2.63. The molecule has 12 heavy (non-hydrogen) atoms. The Kier molecular flexibility index (Phi) is 3.60. The third-order valence-corrected chi connectivity index (χ3v) is 1.63. The zero-order chi connectivity index (χ0) is 8.81. The van der Waals surface area contributed by atoms with Crippen LogP contribution in [0.15, 0.2) is 12.4 Å². The van der Waals surface area contributed by atoms with Gasteiger partial charge in [0.25, 0.3) is 0 Å². The van der Waals surface area contributed by atoms with E-state index in [4.69, 9.17) is 4.74 Å². The van der Waals surface area contributed by atoms with Crippen molar-refractivity contribution in [2.45, 2.75) is 6.42 Å². The third kappa shape index (κ3) is 2.54. The van der Waals surface area contributed by atoms with Crippen molar-refractivity contribution in [1.29, 1.82) is 0 Å². The summed E-state index contributed by atoms with van der Waals surface area (Å²) in [5.41, 5.74) is 0. The summed E-state index contributed by atoms with van der Waals surface area (Å²) < 4.78 is 6.88. The number of rotatable bonds is 5. The van der Waals surface area contributed by atoms with Crippen LogP contribution < -0.4 is 5.32 Å². The number of hydrogen-bond acceptors (Lipinski definition) is 3. The van der Waals surface area contributed by atoms with Gasteiger partial charge in [-0.05, 0) is 6.42 Å². The van der Waals surface area contributed by atoms with E-state index in [1.807, 2.05) is 17.8 Å². The summed E-state index contributed by atoms with van der Waals surface area (Å²) in [6.07, 6.45) is 4.70. The summed E-state index contributed by atoms with van der Waals surface area (Å²) in [6, 6.07) is 0. The second-order valence-corrected chi connectivity index (χ2v) is 2.63. The first-order valence-corrected chi connectivity index (χ1v) is 4.04. The molecule has 68 valence electrons. The highest BCUT2D eigenvalue weighted by Gasteiger charge is 1.95. The van der Waals surface area contributed by atoms with Gasteiger partial charge in [0.1, 0.15) is 0 Å². The fourth-order valence-corrected chi connectivity index (χ4v) is 0.953. The lowest BCUT2D eigenvalue weighted by molar-refractivity contribution is 0.197. The van der Waals surface area contributed by atoms with Crippen LogP contribution in [-0.4, -0.2) is 29.8 Å². The fourth-order valence-electron chi connectivity index (χ4n) is 0.953. The van der Waals surface area contributed by atoms with Crippen LogP contribution in [0.3, 0.4) is 0 Å². The lowest BCUT2D eigenvalue weighted by Gasteiger charge is -2.04. The molecule has 0 aromatic carbocycles. The Labute approximate surface area is 72.6 Å². The molecule has 1 aromatic rings. The van der Waals surface area contributed by atoms with E-state index in [0.29, 0.717) is 0 Å². The Hall–Kier alpha value is -1.03. The lowest BCUT2D eigenvalue weighted by atomic mass is 10.4. The normalized spacial score (nSPS) is 10.2. The minimum atomic E-state index is 0.789. The summed E-state index contributed by atoms with van der Waals surface area (Å²) in [5, 5.41) is 3.20. The smallest absolute Gasteiger partial charge is 0.202 e. The first-order valence-electron chi connectivity index (χ1n) is 4.04. The maximum Gasteiger partial charge on any atom is 0.202 e. The molecular weight excluding hydrogens is 154 g/mol. The van der Waals surface area contributed by atoms with Gasteiger partial charge in [0, 0.05) is 39.7 Å². The first-order chi connectivity index (χ1) is 5.84. The van der Waals surface area contributed by atoms with E-state index in [9.17, 15) is 0 Å². The topological polar surface area (TPSA) is 39.1 Å². The molecule has 0 radical (unpaired) electrons. The fraction of sp³-hybridized carbons (Fsp3) is 0.625. The van der Waals surface area contributed by atoms with Crippen molar-refractivity contribution in [2.75, 3.05) is 25.6 Å².